The van der Waals surface area contributed by atoms with E-state index in [9.17, 15) is 9.18 Å². The lowest BCUT2D eigenvalue weighted by molar-refractivity contribution is 0.178. The zero-order valence-corrected chi connectivity index (χ0v) is 18.5. The van der Waals surface area contributed by atoms with Crippen LogP contribution in [0.15, 0.2) is 36.5 Å². The molecule has 1 amide bonds. The highest BCUT2D eigenvalue weighted by atomic mass is 19.1. The fourth-order valence-corrected chi connectivity index (χ4v) is 3.57. The Morgan fingerprint density at radius 2 is 1.97 bits per heavy atom. The van der Waals surface area contributed by atoms with Gasteiger partial charge in [-0.1, -0.05) is 19.1 Å². The topological polar surface area (TPSA) is 93.1 Å². The van der Waals surface area contributed by atoms with E-state index in [1.54, 1.807) is 32.2 Å². The Morgan fingerprint density at radius 1 is 1.19 bits per heavy atom. The number of nitrogens with zero attached hydrogens (tertiary/aromatic N) is 5. The van der Waals surface area contributed by atoms with Crippen LogP contribution >= 0.6 is 0 Å². The summed E-state index contributed by atoms with van der Waals surface area (Å²) in [5, 5.41) is 3.23. The van der Waals surface area contributed by atoms with E-state index in [1.807, 2.05) is 26.0 Å². The minimum absolute atomic E-state index is 0.0983. The first-order valence-electron chi connectivity index (χ1n) is 10.5. The van der Waals surface area contributed by atoms with Crippen molar-refractivity contribution in [3.63, 3.8) is 0 Å². The predicted molar refractivity (Wildman–Crippen MR) is 119 cm³/mol. The second-order valence-electron chi connectivity index (χ2n) is 7.82. The van der Waals surface area contributed by atoms with Gasteiger partial charge < -0.3 is 10.1 Å². The summed E-state index contributed by atoms with van der Waals surface area (Å²) in [4.78, 5) is 31.3. The van der Waals surface area contributed by atoms with Crippen LogP contribution in [0.2, 0.25) is 0 Å². The molecule has 0 radical (unpaired) electrons. The quantitative estimate of drug-likeness (QED) is 0.604. The summed E-state index contributed by atoms with van der Waals surface area (Å²) in [6, 6.07) is 8.57. The molecule has 0 bridgehead atoms. The molecule has 3 heterocycles. The minimum atomic E-state index is -0.449. The molecule has 1 aliphatic rings. The van der Waals surface area contributed by atoms with Gasteiger partial charge in [0, 0.05) is 11.8 Å². The van der Waals surface area contributed by atoms with E-state index in [0.29, 0.717) is 23.9 Å². The second-order valence-corrected chi connectivity index (χ2v) is 7.82. The highest BCUT2D eigenvalue weighted by molar-refractivity contribution is 5.88. The number of amides is 1. The normalized spacial score (nSPS) is 16.7. The summed E-state index contributed by atoms with van der Waals surface area (Å²) in [7, 11) is 0. The van der Waals surface area contributed by atoms with Crippen LogP contribution in [0, 0.1) is 19.7 Å². The molecule has 9 heteroatoms. The number of anilines is 2. The molecule has 2 atom stereocenters. The van der Waals surface area contributed by atoms with Crippen LogP contribution in [-0.4, -0.2) is 38.7 Å². The van der Waals surface area contributed by atoms with Crippen molar-refractivity contribution in [1.82, 2.24) is 19.9 Å². The Balaban J connectivity index is 1.52. The van der Waals surface area contributed by atoms with Crippen molar-refractivity contribution in [3.8, 4) is 11.1 Å². The minimum Gasteiger partial charge on any atom is -0.447 e. The lowest BCUT2D eigenvalue weighted by Crippen LogP contribution is -2.34. The summed E-state index contributed by atoms with van der Waals surface area (Å²) in [5.74, 6) is 0.899. The van der Waals surface area contributed by atoms with E-state index in [-0.39, 0.29) is 23.8 Å². The first-order chi connectivity index (χ1) is 15.4. The molecule has 0 aliphatic carbocycles. The number of carbonyl (C=O) groups excluding carboxylic acids is 1. The van der Waals surface area contributed by atoms with E-state index in [4.69, 9.17) is 4.74 Å². The molecule has 1 N–H and O–H groups in total. The van der Waals surface area contributed by atoms with Gasteiger partial charge in [0.1, 0.15) is 18.2 Å². The number of carbonyl (C=O) groups is 1. The van der Waals surface area contributed by atoms with Crippen molar-refractivity contribution >= 4 is 18.0 Å². The molecule has 1 unspecified atom stereocenters. The highest BCUT2D eigenvalue weighted by Gasteiger charge is 2.35. The number of nitrogens with one attached hydrogen (secondary N) is 1. The maximum atomic E-state index is 13.5. The van der Waals surface area contributed by atoms with Gasteiger partial charge >= 0.3 is 6.09 Å². The molecule has 8 nitrogen and oxygen atoms in total. The van der Waals surface area contributed by atoms with Crippen molar-refractivity contribution < 1.29 is 13.9 Å². The van der Waals surface area contributed by atoms with Crippen molar-refractivity contribution in [1.29, 1.82) is 0 Å². The molecule has 32 heavy (non-hydrogen) atoms. The number of hydrogen-bond acceptors (Lipinski definition) is 7. The molecule has 4 rings (SSSR count). The van der Waals surface area contributed by atoms with Gasteiger partial charge in [0.15, 0.2) is 0 Å². The molecule has 1 aliphatic heterocycles. The van der Waals surface area contributed by atoms with E-state index in [0.717, 1.165) is 23.2 Å². The van der Waals surface area contributed by atoms with Gasteiger partial charge in [0.25, 0.3) is 0 Å². The molecular formula is C23H25FN6O2. The van der Waals surface area contributed by atoms with E-state index >= 15 is 0 Å². The zero-order chi connectivity index (χ0) is 22.8. The van der Waals surface area contributed by atoms with E-state index in [1.165, 1.54) is 11.0 Å². The van der Waals surface area contributed by atoms with E-state index in [2.05, 4.69) is 25.3 Å². The lowest BCUT2D eigenvalue weighted by Gasteiger charge is -2.20. The van der Waals surface area contributed by atoms with Crippen molar-refractivity contribution in [3.05, 3.63) is 59.4 Å². The van der Waals surface area contributed by atoms with Crippen LogP contribution in [0.5, 0.6) is 0 Å². The fourth-order valence-electron chi connectivity index (χ4n) is 3.57. The van der Waals surface area contributed by atoms with Gasteiger partial charge in [-0.25, -0.2) is 14.1 Å². The first-order valence-corrected chi connectivity index (χ1v) is 10.5. The zero-order valence-electron chi connectivity index (χ0n) is 18.5. The number of hydrogen-bond donors (Lipinski definition) is 1. The summed E-state index contributed by atoms with van der Waals surface area (Å²) >= 11 is 0. The summed E-state index contributed by atoms with van der Waals surface area (Å²) in [6.07, 6.45) is 2.05. The molecule has 1 saturated heterocycles. The monoisotopic (exact) mass is 436 g/mol. The molecule has 2 aromatic heterocycles. The van der Waals surface area contributed by atoms with Gasteiger partial charge in [0.2, 0.25) is 11.9 Å². The Hall–Kier alpha value is -3.62. The molecule has 3 aromatic rings. The third kappa shape index (κ3) is 4.37. The molecule has 0 spiro atoms. The Bertz CT molecular complexity index is 1140. The van der Waals surface area contributed by atoms with Crippen molar-refractivity contribution in [2.75, 3.05) is 16.8 Å². The first kappa shape index (κ1) is 21.6. The van der Waals surface area contributed by atoms with Gasteiger partial charge in [0.05, 0.1) is 17.8 Å². The van der Waals surface area contributed by atoms with Gasteiger partial charge in [-0.2, -0.15) is 15.0 Å². The third-order valence-corrected chi connectivity index (χ3v) is 5.45. The number of cyclic esters (lactones) is 1. The smallest absolute Gasteiger partial charge is 0.417 e. The third-order valence-electron chi connectivity index (χ3n) is 5.45. The molecular weight excluding hydrogens is 411 g/mol. The fraction of sp³-hybridized carbons (Fsp3) is 0.348. The molecule has 0 saturated carbocycles. The van der Waals surface area contributed by atoms with Gasteiger partial charge in [-0.15, -0.1) is 0 Å². The number of pyridine rings is 1. The maximum Gasteiger partial charge on any atom is 0.417 e. The average Bonchev–Trinajstić information content (AvgIpc) is 3.16. The summed E-state index contributed by atoms with van der Waals surface area (Å²) < 4.78 is 18.7. The van der Waals surface area contributed by atoms with Gasteiger partial charge in [-0.05, 0) is 56.5 Å². The van der Waals surface area contributed by atoms with Crippen LogP contribution < -0.4 is 10.2 Å². The lowest BCUT2D eigenvalue weighted by atomic mass is 10.0. The van der Waals surface area contributed by atoms with Crippen molar-refractivity contribution in [2.45, 2.75) is 46.2 Å². The number of aryl methyl sites for hydroxylation is 2. The van der Waals surface area contributed by atoms with Gasteiger partial charge in [-0.3, -0.25) is 4.98 Å². The average molecular weight is 436 g/mol. The van der Waals surface area contributed by atoms with E-state index < -0.39 is 6.09 Å². The number of rotatable bonds is 6. The Morgan fingerprint density at radius 3 is 2.66 bits per heavy atom. The molecule has 1 fully saturated rings. The number of benzene rings is 1. The number of ether oxygens (including phenoxy) is 1. The van der Waals surface area contributed by atoms with Crippen molar-refractivity contribution in [2.24, 2.45) is 0 Å². The molecule has 1 aromatic carbocycles. The van der Waals surface area contributed by atoms with Crippen LogP contribution in [0.1, 0.15) is 43.4 Å². The standard InChI is InChI=1S/C23H25FN6O2/c1-5-18-12-32-23(31)30(18)22-28-15(4)27-21(29-22)26-14(3)20-9-7-17(11-25-20)16-6-8-19(24)13(2)10-16/h6-11,14,18H,5,12H2,1-4H3,(H,26,27,28,29)/t14?,18-/m0/s1. The Labute approximate surface area is 185 Å². The maximum absolute atomic E-state index is 13.5. The number of halogens is 1. The SMILES string of the molecule is CC[C@H]1COC(=O)N1c1nc(C)nc(NC(C)c2ccc(-c3ccc(F)c(C)c3)cn2)n1. The molecule has 166 valence electrons. The largest absolute Gasteiger partial charge is 0.447 e. The summed E-state index contributed by atoms with van der Waals surface area (Å²) in [5.41, 5.74) is 3.19. The second kappa shape index (κ2) is 8.86. The van der Waals surface area contributed by atoms with Crippen LogP contribution in [-0.2, 0) is 4.74 Å². The highest BCUT2D eigenvalue weighted by Crippen LogP contribution is 2.25. The Kier molecular flexibility index (Phi) is 5.98. The summed E-state index contributed by atoms with van der Waals surface area (Å²) in [6.45, 7) is 7.74. The number of aromatic nitrogens is 4. The van der Waals surface area contributed by atoms with Crippen LogP contribution in [0.25, 0.3) is 11.1 Å². The predicted octanol–water partition coefficient (Wildman–Crippen LogP) is 4.60. The van der Waals surface area contributed by atoms with Crippen LogP contribution in [0.4, 0.5) is 21.1 Å². The van der Waals surface area contributed by atoms with Crippen LogP contribution in [0.3, 0.4) is 0 Å².